The molecule has 2 rings (SSSR count). The third-order valence-electron chi connectivity index (χ3n) is 5.60. The second-order valence-electron chi connectivity index (χ2n) is 7.91. The maximum Gasteiger partial charge on any atom is 0.191 e. The third-order valence-corrected chi connectivity index (χ3v) is 7.01. The molecule has 146 valence electrons. The van der Waals surface area contributed by atoms with E-state index in [-0.39, 0.29) is 10.3 Å². The predicted molar refractivity (Wildman–Crippen MR) is 110 cm³/mol. The molecule has 0 spiro atoms. The average Bonchev–Trinajstić information content (AvgIpc) is 2.65. The first-order valence-electron chi connectivity index (χ1n) is 9.91. The van der Waals surface area contributed by atoms with Crippen LogP contribution in [0.15, 0.2) is 4.99 Å². The molecule has 2 heterocycles. The summed E-state index contributed by atoms with van der Waals surface area (Å²) in [5.41, 5.74) is 0.124. The van der Waals surface area contributed by atoms with Crippen LogP contribution >= 0.6 is 11.8 Å². The number of nitrogens with zero attached hydrogens (tertiary/aromatic N) is 2. The van der Waals surface area contributed by atoms with Gasteiger partial charge in [-0.25, -0.2) is 0 Å². The smallest absolute Gasteiger partial charge is 0.191 e. The average molecular weight is 371 g/mol. The van der Waals surface area contributed by atoms with Crippen LogP contribution in [0.4, 0.5) is 0 Å². The number of aliphatic imine (C=N–C) groups is 1. The fourth-order valence-corrected chi connectivity index (χ4v) is 4.45. The molecule has 0 aromatic rings. The molecule has 6 heteroatoms. The van der Waals surface area contributed by atoms with Gasteiger partial charge in [-0.05, 0) is 65.8 Å². The molecule has 5 nitrogen and oxygen atoms in total. The van der Waals surface area contributed by atoms with Gasteiger partial charge in [0.2, 0.25) is 0 Å². The van der Waals surface area contributed by atoms with Gasteiger partial charge in [-0.2, -0.15) is 11.8 Å². The SMILES string of the molecule is CCNC(=NCC(C)(C)N1CCCCC1)NCC1(SC)CCOCC1. The lowest BCUT2D eigenvalue weighted by Crippen LogP contribution is -2.51. The second-order valence-corrected chi connectivity index (χ2v) is 9.18. The molecular formula is C19H38N4OS. The minimum atomic E-state index is 0.124. The van der Waals surface area contributed by atoms with Gasteiger partial charge in [-0.1, -0.05) is 6.42 Å². The van der Waals surface area contributed by atoms with Crippen molar-refractivity contribution in [1.82, 2.24) is 15.5 Å². The van der Waals surface area contributed by atoms with Crippen molar-refractivity contribution >= 4 is 17.7 Å². The molecule has 0 aromatic heterocycles. The summed E-state index contributed by atoms with van der Waals surface area (Å²) in [6.07, 6.45) is 8.46. The normalized spacial score (nSPS) is 22.6. The number of hydrogen-bond donors (Lipinski definition) is 2. The number of rotatable bonds is 7. The molecule has 0 aromatic carbocycles. The molecule has 0 aliphatic carbocycles. The molecule has 0 unspecified atom stereocenters. The van der Waals surface area contributed by atoms with E-state index >= 15 is 0 Å². The van der Waals surface area contributed by atoms with Crippen molar-refractivity contribution in [3.8, 4) is 0 Å². The van der Waals surface area contributed by atoms with E-state index in [1.807, 2.05) is 11.8 Å². The van der Waals surface area contributed by atoms with Gasteiger partial charge in [-0.15, -0.1) is 0 Å². The first kappa shape index (κ1) is 20.8. The maximum absolute atomic E-state index is 5.55. The molecule has 25 heavy (non-hydrogen) atoms. The summed E-state index contributed by atoms with van der Waals surface area (Å²) in [4.78, 5) is 7.53. The summed E-state index contributed by atoms with van der Waals surface area (Å²) in [6, 6.07) is 0. The summed E-state index contributed by atoms with van der Waals surface area (Å²) in [7, 11) is 0. The van der Waals surface area contributed by atoms with Crippen LogP contribution in [0.25, 0.3) is 0 Å². The molecule has 2 aliphatic rings. The molecule has 2 N–H and O–H groups in total. The highest BCUT2D eigenvalue weighted by Crippen LogP contribution is 2.33. The topological polar surface area (TPSA) is 48.9 Å². The standard InChI is InChI=1S/C19H38N4OS/c1-5-20-17(22-16-19(25-4)9-13-24-14-10-19)21-15-18(2,3)23-11-7-6-8-12-23/h5-16H2,1-4H3,(H2,20,21,22). The molecule has 0 radical (unpaired) electrons. The van der Waals surface area contributed by atoms with Crippen molar-refractivity contribution in [1.29, 1.82) is 0 Å². The lowest BCUT2D eigenvalue weighted by Gasteiger charge is -2.40. The van der Waals surface area contributed by atoms with E-state index in [1.165, 1.54) is 32.4 Å². The van der Waals surface area contributed by atoms with E-state index in [0.29, 0.717) is 0 Å². The third kappa shape index (κ3) is 6.33. The van der Waals surface area contributed by atoms with Gasteiger partial charge in [-0.3, -0.25) is 9.89 Å². The van der Waals surface area contributed by atoms with Crippen LogP contribution in [0.3, 0.4) is 0 Å². The van der Waals surface area contributed by atoms with Gasteiger partial charge < -0.3 is 15.4 Å². The molecule has 2 aliphatic heterocycles. The molecular weight excluding hydrogens is 332 g/mol. The van der Waals surface area contributed by atoms with Gasteiger partial charge in [0, 0.05) is 36.6 Å². The Kier molecular flexibility index (Phi) is 8.36. The van der Waals surface area contributed by atoms with Gasteiger partial charge >= 0.3 is 0 Å². The Morgan fingerprint density at radius 3 is 2.44 bits per heavy atom. The van der Waals surface area contributed by atoms with E-state index in [9.17, 15) is 0 Å². The summed E-state index contributed by atoms with van der Waals surface area (Å²) in [6.45, 7) is 13.6. The second kappa shape index (κ2) is 10.0. The number of nitrogens with one attached hydrogen (secondary N) is 2. The van der Waals surface area contributed by atoms with Gasteiger partial charge in [0.05, 0.1) is 6.54 Å². The predicted octanol–water partition coefficient (Wildman–Crippen LogP) is 2.72. The Hall–Kier alpha value is -0.460. The quantitative estimate of drug-likeness (QED) is 0.533. The zero-order valence-electron chi connectivity index (χ0n) is 16.7. The number of ether oxygens (including phenoxy) is 1. The van der Waals surface area contributed by atoms with E-state index in [2.05, 4.69) is 42.6 Å². The molecule has 0 amide bonds. The highest BCUT2D eigenvalue weighted by molar-refractivity contribution is 8.00. The monoisotopic (exact) mass is 370 g/mol. The summed E-state index contributed by atoms with van der Waals surface area (Å²) < 4.78 is 5.82. The molecule has 2 saturated heterocycles. The van der Waals surface area contributed by atoms with Crippen LogP contribution < -0.4 is 10.6 Å². The number of guanidine groups is 1. The molecule has 0 saturated carbocycles. The lowest BCUT2D eigenvalue weighted by atomic mass is 9.98. The Morgan fingerprint density at radius 1 is 1.16 bits per heavy atom. The first-order chi connectivity index (χ1) is 12.0. The first-order valence-corrected chi connectivity index (χ1v) is 11.1. The number of hydrogen-bond acceptors (Lipinski definition) is 4. The van der Waals surface area contributed by atoms with Crippen molar-refractivity contribution in [2.75, 3.05) is 52.2 Å². The largest absolute Gasteiger partial charge is 0.381 e. The molecule has 2 fully saturated rings. The Bertz CT molecular complexity index is 416. The van der Waals surface area contributed by atoms with Crippen LogP contribution in [0, 0.1) is 0 Å². The number of likely N-dealkylation sites (tertiary alicyclic amines) is 1. The van der Waals surface area contributed by atoms with Crippen LogP contribution in [0.5, 0.6) is 0 Å². The van der Waals surface area contributed by atoms with Crippen molar-refractivity contribution in [2.45, 2.75) is 63.2 Å². The van der Waals surface area contributed by atoms with Crippen LogP contribution in [0.1, 0.15) is 52.9 Å². The fourth-order valence-electron chi connectivity index (χ4n) is 3.65. The van der Waals surface area contributed by atoms with Crippen LogP contribution in [-0.2, 0) is 4.74 Å². The minimum absolute atomic E-state index is 0.124. The zero-order valence-corrected chi connectivity index (χ0v) is 17.5. The van der Waals surface area contributed by atoms with Crippen LogP contribution in [0.2, 0.25) is 0 Å². The van der Waals surface area contributed by atoms with Gasteiger partial charge in [0.1, 0.15) is 0 Å². The van der Waals surface area contributed by atoms with E-state index in [4.69, 9.17) is 9.73 Å². The van der Waals surface area contributed by atoms with E-state index in [1.54, 1.807) is 0 Å². The van der Waals surface area contributed by atoms with Crippen LogP contribution in [-0.4, -0.2) is 73.3 Å². The van der Waals surface area contributed by atoms with Crippen molar-refractivity contribution in [3.05, 3.63) is 0 Å². The van der Waals surface area contributed by atoms with Crippen molar-refractivity contribution in [3.63, 3.8) is 0 Å². The number of thioether (sulfide) groups is 1. The van der Waals surface area contributed by atoms with Crippen molar-refractivity contribution < 1.29 is 4.74 Å². The molecule has 0 bridgehead atoms. The highest BCUT2D eigenvalue weighted by atomic mass is 32.2. The maximum atomic E-state index is 5.55. The van der Waals surface area contributed by atoms with Gasteiger partial charge in [0.25, 0.3) is 0 Å². The minimum Gasteiger partial charge on any atom is -0.381 e. The summed E-state index contributed by atoms with van der Waals surface area (Å²) in [5, 5.41) is 7.02. The fraction of sp³-hybridized carbons (Fsp3) is 0.947. The van der Waals surface area contributed by atoms with Crippen molar-refractivity contribution in [2.24, 2.45) is 4.99 Å². The lowest BCUT2D eigenvalue weighted by molar-refractivity contribution is 0.0782. The summed E-state index contributed by atoms with van der Waals surface area (Å²) >= 11 is 1.97. The zero-order chi connectivity index (χ0) is 18.2. The van der Waals surface area contributed by atoms with E-state index in [0.717, 1.165) is 51.6 Å². The highest BCUT2D eigenvalue weighted by Gasteiger charge is 2.32. The Morgan fingerprint density at radius 2 is 1.84 bits per heavy atom. The van der Waals surface area contributed by atoms with E-state index < -0.39 is 0 Å². The Labute approximate surface area is 158 Å². The molecule has 0 atom stereocenters. The Balaban J connectivity index is 1.92. The summed E-state index contributed by atoms with van der Waals surface area (Å²) in [5.74, 6) is 0.951. The number of piperidine rings is 1. The van der Waals surface area contributed by atoms with Gasteiger partial charge in [0.15, 0.2) is 5.96 Å².